The van der Waals surface area contributed by atoms with Crippen molar-refractivity contribution in [1.29, 1.82) is 0 Å². The first-order valence-electron chi connectivity index (χ1n) is 6.71. The Morgan fingerprint density at radius 3 is 2.76 bits per heavy atom. The van der Waals surface area contributed by atoms with E-state index >= 15 is 0 Å². The molecule has 1 aromatic heterocycles. The molecule has 1 atom stereocenters. The second kappa shape index (κ2) is 8.19. The Kier molecular flexibility index (Phi) is 6.47. The minimum absolute atomic E-state index is 0.00834. The van der Waals surface area contributed by atoms with E-state index in [1.807, 2.05) is 0 Å². The topological polar surface area (TPSA) is 66.9 Å². The standard InChI is InChI=1S/C13H11ClF4N4OS2/c1-6(10(23)20-9-3-2-7(15)4-8(9)14)24-12-22-21-11(25-12)19-5-13(16,17)18/h2-4,6H,5H2,1H3,(H,19,21)(H,20,23). The summed E-state index contributed by atoms with van der Waals surface area (Å²) in [5, 5.41) is 11.4. The summed E-state index contributed by atoms with van der Waals surface area (Å²) in [5.41, 5.74) is 0.255. The third kappa shape index (κ3) is 6.33. The summed E-state index contributed by atoms with van der Waals surface area (Å²) < 4.78 is 49.7. The molecule has 0 saturated carbocycles. The maximum atomic E-state index is 13.0. The van der Waals surface area contributed by atoms with E-state index in [9.17, 15) is 22.4 Å². The average Bonchev–Trinajstić information content (AvgIpc) is 2.95. The SMILES string of the molecule is CC(Sc1nnc(NCC(F)(F)F)s1)C(=O)Nc1ccc(F)cc1Cl. The molecule has 0 aliphatic heterocycles. The van der Waals surface area contributed by atoms with Crippen LogP contribution in [0.2, 0.25) is 5.02 Å². The normalized spacial score (nSPS) is 12.7. The average molecular weight is 415 g/mol. The molecule has 136 valence electrons. The van der Waals surface area contributed by atoms with Crippen molar-refractivity contribution in [3.05, 3.63) is 29.0 Å². The van der Waals surface area contributed by atoms with E-state index in [0.29, 0.717) is 4.34 Å². The van der Waals surface area contributed by atoms with Crippen LogP contribution in [0.4, 0.5) is 28.4 Å². The molecule has 0 bridgehead atoms. The Labute approximate surface area is 153 Å². The molecule has 0 aliphatic rings. The van der Waals surface area contributed by atoms with Gasteiger partial charge in [0.05, 0.1) is 16.0 Å². The number of anilines is 2. The fourth-order valence-electron chi connectivity index (χ4n) is 1.53. The number of rotatable bonds is 6. The number of amides is 1. The third-order valence-corrected chi connectivity index (χ3v) is 5.06. The summed E-state index contributed by atoms with van der Waals surface area (Å²) in [5.74, 6) is -0.948. The van der Waals surface area contributed by atoms with Gasteiger partial charge in [-0.1, -0.05) is 34.7 Å². The maximum absolute atomic E-state index is 13.0. The van der Waals surface area contributed by atoms with Crippen molar-refractivity contribution < 1.29 is 22.4 Å². The maximum Gasteiger partial charge on any atom is 0.405 e. The summed E-state index contributed by atoms with van der Waals surface area (Å²) >= 11 is 7.76. The number of nitrogens with one attached hydrogen (secondary N) is 2. The smallest absolute Gasteiger partial charge is 0.351 e. The molecule has 1 heterocycles. The second-order valence-corrected chi connectivity index (χ2v) is 7.69. The highest BCUT2D eigenvalue weighted by molar-refractivity contribution is 8.02. The van der Waals surface area contributed by atoms with Crippen LogP contribution in [0.15, 0.2) is 22.5 Å². The van der Waals surface area contributed by atoms with Crippen molar-refractivity contribution in [2.45, 2.75) is 22.7 Å². The number of nitrogens with zero attached hydrogens (tertiary/aromatic N) is 2. The fraction of sp³-hybridized carbons (Fsp3) is 0.308. The van der Waals surface area contributed by atoms with E-state index in [-0.39, 0.29) is 15.8 Å². The number of hydrogen-bond donors (Lipinski definition) is 2. The van der Waals surface area contributed by atoms with E-state index in [1.54, 1.807) is 6.92 Å². The lowest BCUT2D eigenvalue weighted by molar-refractivity contribution is -0.116. The Morgan fingerprint density at radius 2 is 2.12 bits per heavy atom. The van der Waals surface area contributed by atoms with Crippen molar-refractivity contribution in [3.8, 4) is 0 Å². The van der Waals surface area contributed by atoms with E-state index in [1.165, 1.54) is 6.07 Å². The van der Waals surface area contributed by atoms with E-state index in [4.69, 9.17) is 11.6 Å². The summed E-state index contributed by atoms with van der Waals surface area (Å²) in [4.78, 5) is 12.1. The molecular formula is C13H11ClF4N4OS2. The lowest BCUT2D eigenvalue weighted by atomic mass is 10.3. The molecule has 12 heteroatoms. The van der Waals surface area contributed by atoms with Crippen LogP contribution in [0.3, 0.4) is 0 Å². The molecule has 0 saturated heterocycles. The quantitative estimate of drug-likeness (QED) is 0.541. The third-order valence-electron chi connectivity index (χ3n) is 2.68. The minimum Gasteiger partial charge on any atom is -0.351 e. The summed E-state index contributed by atoms with van der Waals surface area (Å²) in [6.45, 7) is 0.368. The van der Waals surface area contributed by atoms with Crippen molar-refractivity contribution in [2.24, 2.45) is 0 Å². The molecule has 2 N–H and O–H groups in total. The zero-order valence-electron chi connectivity index (χ0n) is 12.5. The van der Waals surface area contributed by atoms with Crippen LogP contribution in [-0.2, 0) is 4.79 Å². The monoisotopic (exact) mass is 414 g/mol. The molecule has 2 aromatic rings. The van der Waals surface area contributed by atoms with Gasteiger partial charge >= 0.3 is 6.18 Å². The summed E-state index contributed by atoms with van der Waals surface area (Å²) in [6, 6.07) is 3.55. The number of alkyl halides is 3. The van der Waals surface area contributed by atoms with Gasteiger partial charge in [-0.05, 0) is 25.1 Å². The van der Waals surface area contributed by atoms with Crippen LogP contribution in [0.5, 0.6) is 0 Å². The van der Waals surface area contributed by atoms with Crippen molar-refractivity contribution in [1.82, 2.24) is 10.2 Å². The largest absolute Gasteiger partial charge is 0.405 e. The van der Waals surface area contributed by atoms with Crippen LogP contribution in [-0.4, -0.2) is 34.1 Å². The Hall–Kier alpha value is -1.59. The predicted octanol–water partition coefficient (Wildman–Crippen LogP) is 4.42. The number of carbonyl (C=O) groups excluding carboxylic acids is 1. The van der Waals surface area contributed by atoms with Crippen molar-refractivity contribution in [2.75, 3.05) is 17.2 Å². The lowest BCUT2D eigenvalue weighted by Gasteiger charge is -2.11. The predicted molar refractivity (Wildman–Crippen MR) is 89.8 cm³/mol. The van der Waals surface area contributed by atoms with E-state index < -0.39 is 29.7 Å². The number of halogens is 5. The summed E-state index contributed by atoms with van der Waals surface area (Å²) in [7, 11) is 0. The zero-order valence-corrected chi connectivity index (χ0v) is 14.9. The molecule has 5 nitrogen and oxygen atoms in total. The molecule has 25 heavy (non-hydrogen) atoms. The van der Waals surface area contributed by atoms with Crippen LogP contribution in [0, 0.1) is 5.82 Å². The number of hydrogen-bond acceptors (Lipinski definition) is 6. The molecule has 0 radical (unpaired) electrons. The van der Waals surface area contributed by atoms with E-state index in [0.717, 1.165) is 35.2 Å². The van der Waals surface area contributed by atoms with Gasteiger partial charge in [0.2, 0.25) is 11.0 Å². The van der Waals surface area contributed by atoms with Crippen LogP contribution >= 0.6 is 34.7 Å². The first kappa shape index (κ1) is 19.7. The van der Waals surface area contributed by atoms with Crippen molar-refractivity contribution >= 4 is 51.4 Å². The second-order valence-electron chi connectivity index (χ2n) is 4.72. The molecule has 0 spiro atoms. The van der Waals surface area contributed by atoms with Gasteiger partial charge in [-0.25, -0.2) is 4.39 Å². The van der Waals surface area contributed by atoms with Gasteiger partial charge in [0.1, 0.15) is 12.4 Å². The van der Waals surface area contributed by atoms with Gasteiger partial charge < -0.3 is 10.6 Å². The Morgan fingerprint density at radius 1 is 1.40 bits per heavy atom. The van der Waals surface area contributed by atoms with E-state index in [2.05, 4.69) is 20.8 Å². The number of carbonyl (C=O) groups is 1. The molecule has 1 aromatic carbocycles. The molecule has 1 amide bonds. The molecule has 0 aliphatic carbocycles. The highest BCUT2D eigenvalue weighted by Gasteiger charge is 2.27. The van der Waals surface area contributed by atoms with Crippen LogP contribution in [0.1, 0.15) is 6.92 Å². The minimum atomic E-state index is -4.36. The highest BCUT2D eigenvalue weighted by Crippen LogP contribution is 2.30. The van der Waals surface area contributed by atoms with Gasteiger partial charge in [0, 0.05) is 0 Å². The number of benzene rings is 1. The van der Waals surface area contributed by atoms with Crippen molar-refractivity contribution in [3.63, 3.8) is 0 Å². The van der Waals surface area contributed by atoms with Crippen LogP contribution < -0.4 is 10.6 Å². The molecule has 0 fully saturated rings. The Bertz CT molecular complexity index is 756. The first-order valence-corrected chi connectivity index (χ1v) is 8.78. The summed E-state index contributed by atoms with van der Waals surface area (Å²) in [6.07, 6.45) is -4.36. The Balaban J connectivity index is 1.91. The van der Waals surface area contributed by atoms with Gasteiger partial charge in [0.25, 0.3) is 0 Å². The van der Waals surface area contributed by atoms with Gasteiger partial charge in [-0.2, -0.15) is 13.2 Å². The van der Waals surface area contributed by atoms with Gasteiger partial charge in [-0.3, -0.25) is 4.79 Å². The number of aromatic nitrogens is 2. The molecule has 1 unspecified atom stereocenters. The number of thioether (sulfide) groups is 1. The fourth-order valence-corrected chi connectivity index (χ4v) is 3.64. The van der Waals surface area contributed by atoms with Gasteiger partial charge in [0.15, 0.2) is 4.34 Å². The first-order chi connectivity index (χ1) is 11.6. The van der Waals surface area contributed by atoms with Gasteiger partial charge in [-0.15, -0.1) is 10.2 Å². The molecule has 2 rings (SSSR count). The molecular weight excluding hydrogens is 404 g/mol. The van der Waals surface area contributed by atoms with Crippen LogP contribution in [0.25, 0.3) is 0 Å². The highest BCUT2D eigenvalue weighted by atomic mass is 35.5. The lowest BCUT2D eigenvalue weighted by Crippen LogP contribution is -2.22. The zero-order chi connectivity index (χ0) is 18.6.